The summed E-state index contributed by atoms with van der Waals surface area (Å²) in [5.74, 6) is 0.410. The summed E-state index contributed by atoms with van der Waals surface area (Å²) in [5.41, 5.74) is 1.28. The van der Waals surface area contributed by atoms with Gasteiger partial charge in [0.1, 0.15) is 5.69 Å². The molecule has 3 heterocycles. The van der Waals surface area contributed by atoms with Crippen LogP contribution < -0.4 is 5.32 Å². The number of amides is 1. The van der Waals surface area contributed by atoms with Crippen LogP contribution >= 0.6 is 22.7 Å². The third-order valence-electron chi connectivity index (χ3n) is 3.26. The molecular weight excluding hydrogens is 330 g/mol. The number of carbonyl (C=O) groups is 1. The Morgan fingerprint density at radius 1 is 1.13 bits per heavy atom. The number of hydrogen-bond acceptors (Lipinski definition) is 6. The summed E-state index contributed by atoms with van der Waals surface area (Å²) in [5, 5.41) is 4.10. The van der Waals surface area contributed by atoms with Gasteiger partial charge in [0, 0.05) is 4.88 Å². The third-order valence-corrected chi connectivity index (χ3v) is 5.20. The van der Waals surface area contributed by atoms with E-state index in [1.807, 2.05) is 37.3 Å². The van der Waals surface area contributed by atoms with Crippen LogP contribution in [0.5, 0.6) is 0 Å². The molecule has 0 aliphatic rings. The zero-order chi connectivity index (χ0) is 15.8. The van der Waals surface area contributed by atoms with E-state index in [-0.39, 0.29) is 5.91 Å². The highest BCUT2D eigenvalue weighted by Gasteiger charge is 2.18. The maximum atomic E-state index is 12.5. The lowest BCUT2D eigenvalue weighted by Crippen LogP contribution is -2.13. The fourth-order valence-corrected chi connectivity index (χ4v) is 3.93. The van der Waals surface area contributed by atoms with Gasteiger partial charge in [0.05, 0.1) is 16.5 Å². The van der Waals surface area contributed by atoms with E-state index < -0.39 is 0 Å². The lowest BCUT2D eigenvalue weighted by atomic mass is 10.3. The number of aromatic nitrogens is 2. The molecule has 0 saturated carbocycles. The molecule has 1 amide bonds. The first-order chi connectivity index (χ1) is 11.2. The number of furan rings is 1. The average Bonchev–Trinajstić information content (AvgIpc) is 3.25. The Kier molecular flexibility index (Phi) is 3.44. The molecule has 0 radical (unpaired) electrons. The molecule has 1 N–H and O–H groups in total. The molecule has 4 rings (SSSR count). The van der Waals surface area contributed by atoms with Crippen LogP contribution in [0.4, 0.5) is 5.13 Å². The van der Waals surface area contributed by atoms with Gasteiger partial charge >= 0.3 is 0 Å². The van der Waals surface area contributed by atoms with Crippen LogP contribution in [0.3, 0.4) is 0 Å². The van der Waals surface area contributed by atoms with Crippen LogP contribution in [0.2, 0.25) is 0 Å². The minimum Gasteiger partial charge on any atom is -0.462 e. The van der Waals surface area contributed by atoms with Gasteiger partial charge < -0.3 is 4.42 Å². The number of carbonyl (C=O) groups excluding carboxylic acids is 1. The molecule has 5 nitrogen and oxygen atoms in total. The number of anilines is 1. The molecule has 1 aromatic carbocycles. The molecule has 4 aromatic rings. The Labute approximate surface area is 139 Å². The minimum absolute atomic E-state index is 0.254. The summed E-state index contributed by atoms with van der Waals surface area (Å²) in [6.07, 6.45) is 1.59. The Morgan fingerprint density at radius 2 is 2.00 bits per heavy atom. The fourth-order valence-electron chi connectivity index (χ4n) is 2.19. The van der Waals surface area contributed by atoms with E-state index >= 15 is 0 Å². The molecule has 0 atom stereocenters. The number of benzene rings is 1. The van der Waals surface area contributed by atoms with Crippen LogP contribution in [0, 0.1) is 6.92 Å². The SMILES string of the molecule is Cc1sc(-c2ccco2)nc1C(=O)Nc1nc2ccccc2s1. The molecule has 3 aromatic heterocycles. The van der Waals surface area contributed by atoms with Gasteiger partial charge in [-0.2, -0.15) is 0 Å². The Balaban J connectivity index is 1.61. The molecule has 0 saturated heterocycles. The number of nitrogens with one attached hydrogen (secondary N) is 1. The summed E-state index contributed by atoms with van der Waals surface area (Å²) in [6, 6.07) is 11.4. The smallest absolute Gasteiger partial charge is 0.277 e. The lowest BCUT2D eigenvalue weighted by Gasteiger charge is -1.98. The van der Waals surface area contributed by atoms with E-state index in [1.165, 1.54) is 22.7 Å². The van der Waals surface area contributed by atoms with Crippen molar-refractivity contribution in [1.29, 1.82) is 0 Å². The highest BCUT2D eigenvalue weighted by atomic mass is 32.1. The van der Waals surface area contributed by atoms with E-state index in [1.54, 1.807) is 12.3 Å². The lowest BCUT2D eigenvalue weighted by molar-refractivity contribution is 0.102. The monoisotopic (exact) mass is 341 g/mol. The van der Waals surface area contributed by atoms with Crippen molar-refractivity contribution in [3.05, 3.63) is 53.2 Å². The van der Waals surface area contributed by atoms with Crippen LogP contribution in [-0.4, -0.2) is 15.9 Å². The van der Waals surface area contributed by atoms with Gasteiger partial charge in [0.15, 0.2) is 15.9 Å². The first-order valence-electron chi connectivity index (χ1n) is 6.89. The zero-order valence-electron chi connectivity index (χ0n) is 12.1. The number of hydrogen-bond donors (Lipinski definition) is 1. The maximum absolute atomic E-state index is 12.5. The van der Waals surface area contributed by atoms with Gasteiger partial charge in [0.25, 0.3) is 5.91 Å². The van der Waals surface area contributed by atoms with Crippen LogP contribution in [0.1, 0.15) is 15.4 Å². The molecule has 0 aliphatic heterocycles. The highest BCUT2D eigenvalue weighted by Crippen LogP contribution is 2.29. The molecule has 0 unspecified atom stereocenters. The standard InChI is InChI=1S/C16H11N3O2S2/c1-9-13(18-15(22-9)11-6-4-8-21-11)14(20)19-16-17-10-5-2-3-7-12(10)23-16/h2-8H,1H3,(H,17,19,20). The summed E-state index contributed by atoms with van der Waals surface area (Å²) in [4.78, 5) is 22.1. The maximum Gasteiger partial charge on any atom is 0.277 e. The van der Waals surface area contributed by atoms with Crippen molar-refractivity contribution in [2.75, 3.05) is 5.32 Å². The summed E-state index contributed by atoms with van der Waals surface area (Å²) < 4.78 is 6.37. The van der Waals surface area contributed by atoms with Gasteiger partial charge in [-0.05, 0) is 31.2 Å². The molecule has 0 fully saturated rings. The normalized spacial score (nSPS) is 11.0. The Bertz CT molecular complexity index is 953. The second-order valence-corrected chi connectivity index (χ2v) is 7.08. The Hall–Kier alpha value is -2.51. The van der Waals surface area contributed by atoms with Crippen molar-refractivity contribution >= 4 is 43.9 Å². The van der Waals surface area contributed by atoms with E-state index in [9.17, 15) is 4.79 Å². The molecule has 7 heteroatoms. The summed E-state index contributed by atoms with van der Waals surface area (Å²) >= 11 is 2.88. The van der Waals surface area contributed by atoms with Crippen LogP contribution in [-0.2, 0) is 0 Å². The van der Waals surface area contributed by atoms with Gasteiger partial charge in [-0.15, -0.1) is 11.3 Å². The van der Waals surface area contributed by atoms with Gasteiger partial charge in [-0.3, -0.25) is 10.1 Å². The van der Waals surface area contributed by atoms with Gasteiger partial charge in [-0.25, -0.2) is 9.97 Å². The minimum atomic E-state index is -0.254. The third kappa shape index (κ3) is 2.64. The predicted octanol–water partition coefficient (Wildman–Crippen LogP) is 4.57. The molecular formula is C16H11N3O2S2. The molecule has 0 spiro atoms. The zero-order valence-corrected chi connectivity index (χ0v) is 13.7. The predicted molar refractivity (Wildman–Crippen MR) is 92.1 cm³/mol. The first-order valence-corrected chi connectivity index (χ1v) is 8.52. The van der Waals surface area contributed by atoms with Crippen LogP contribution in [0.15, 0.2) is 47.1 Å². The van der Waals surface area contributed by atoms with Crippen molar-refractivity contribution in [3.63, 3.8) is 0 Å². The quantitative estimate of drug-likeness (QED) is 0.592. The number of nitrogens with zero attached hydrogens (tertiary/aromatic N) is 2. The van der Waals surface area contributed by atoms with Crippen molar-refractivity contribution < 1.29 is 9.21 Å². The summed E-state index contributed by atoms with van der Waals surface area (Å²) in [7, 11) is 0. The van der Waals surface area contributed by atoms with E-state index in [2.05, 4.69) is 15.3 Å². The summed E-state index contributed by atoms with van der Waals surface area (Å²) in [6.45, 7) is 1.87. The van der Waals surface area contributed by atoms with Crippen molar-refractivity contribution in [3.8, 4) is 10.8 Å². The van der Waals surface area contributed by atoms with E-state index in [0.717, 1.165) is 15.1 Å². The van der Waals surface area contributed by atoms with Gasteiger partial charge in [-0.1, -0.05) is 23.5 Å². The molecule has 23 heavy (non-hydrogen) atoms. The van der Waals surface area contributed by atoms with E-state index in [0.29, 0.717) is 21.6 Å². The Morgan fingerprint density at radius 3 is 2.78 bits per heavy atom. The highest BCUT2D eigenvalue weighted by molar-refractivity contribution is 7.22. The molecule has 0 aliphatic carbocycles. The molecule has 0 bridgehead atoms. The largest absolute Gasteiger partial charge is 0.462 e. The second kappa shape index (κ2) is 5.60. The first kappa shape index (κ1) is 14.1. The van der Waals surface area contributed by atoms with Crippen molar-refractivity contribution in [2.45, 2.75) is 6.92 Å². The number of fused-ring (bicyclic) bond motifs is 1. The van der Waals surface area contributed by atoms with Crippen LogP contribution in [0.25, 0.3) is 21.0 Å². The number of thiazole rings is 2. The number of aryl methyl sites for hydroxylation is 1. The molecule has 114 valence electrons. The fraction of sp³-hybridized carbons (Fsp3) is 0.0625. The topological polar surface area (TPSA) is 68.0 Å². The van der Waals surface area contributed by atoms with Crippen molar-refractivity contribution in [2.24, 2.45) is 0 Å². The van der Waals surface area contributed by atoms with Gasteiger partial charge in [0.2, 0.25) is 0 Å². The second-order valence-electron chi connectivity index (χ2n) is 4.84. The number of rotatable bonds is 3. The van der Waals surface area contributed by atoms with E-state index in [4.69, 9.17) is 4.42 Å². The van der Waals surface area contributed by atoms with Crippen molar-refractivity contribution in [1.82, 2.24) is 9.97 Å². The average molecular weight is 341 g/mol. The number of para-hydroxylation sites is 1.